The summed E-state index contributed by atoms with van der Waals surface area (Å²) in [6.07, 6.45) is 26.4. The second kappa shape index (κ2) is 21.3. The molecular formula is C34H61N2O2+. The molecular weight excluding hydrogens is 468 g/mol. The van der Waals surface area contributed by atoms with E-state index in [1.807, 2.05) is 24.3 Å². The lowest BCUT2D eigenvalue weighted by atomic mass is 10.0. The third-order valence-electron chi connectivity index (χ3n) is 8.45. The van der Waals surface area contributed by atoms with Crippen molar-refractivity contribution >= 4 is 5.91 Å². The molecule has 0 bridgehead atoms. The Kier molecular flexibility index (Phi) is 18.3. The first kappa shape index (κ1) is 32.7. The van der Waals surface area contributed by atoms with Crippen LogP contribution in [-0.2, 0) is 11.2 Å². The highest BCUT2D eigenvalue weighted by atomic mass is 16.5. The number of carbonyl (C=O) groups is 1. The number of nitrogens with zero attached hydrogens (tertiary/aromatic N) is 1. The zero-order chi connectivity index (χ0) is 27.2. The molecule has 1 aliphatic rings. The first-order valence-electron chi connectivity index (χ1n) is 16.4. The number of likely N-dealkylation sites (N-methyl/N-ethyl adjacent to an activating group) is 1. The van der Waals surface area contributed by atoms with E-state index in [2.05, 4.69) is 19.3 Å². The standard InChI is InChI=1S/C34H60N2O2/c1-3-4-5-6-7-8-9-10-11-12-13-14-15-16-17-23-30-38-33-25-20-19-24-32(33)31-34(37)35-26-29-36(2)27-21-18-22-28-36/h19-20,24-25H,3-18,21-23,26-31H2,1-2H3/p+1. The van der Waals surface area contributed by atoms with Crippen LogP contribution < -0.4 is 10.1 Å². The van der Waals surface area contributed by atoms with Crippen LogP contribution in [-0.4, -0.2) is 50.2 Å². The van der Waals surface area contributed by atoms with Crippen LogP contribution in [0.1, 0.15) is 134 Å². The first-order chi connectivity index (χ1) is 18.6. The van der Waals surface area contributed by atoms with Crippen LogP contribution in [0.15, 0.2) is 24.3 Å². The number of para-hydroxylation sites is 1. The molecule has 2 rings (SSSR count). The van der Waals surface area contributed by atoms with E-state index in [4.69, 9.17) is 4.74 Å². The van der Waals surface area contributed by atoms with E-state index in [9.17, 15) is 4.79 Å². The summed E-state index contributed by atoms with van der Waals surface area (Å²) in [4.78, 5) is 12.6. The lowest BCUT2D eigenvalue weighted by molar-refractivity contribution is -0.912. The average molecular weight is 530 g/mol. The Morgan fingerprint density at radius 1 is 0.763 bits per heavy atom. The summed E-state index contributed by atoms with van der Waals surface area (Å²) in [5, 5.41) is 3.15. The fraction of sp³-hybridized carbons (Fsp3) is 0.794. The summed E-state index contributed by atoms with van der Waals surface area (Å²) in [7, 11) is 2.33. The van der Waals surface area contributed by atoms with Gasteiger partial charge in [-0.3, -0.25) is 4.79 Å². The van der Waals surface area contributed by atoms with Crippen LogP contribution in [0.25, 0.3) is 0 Å². The maximum absolute atomic E-state index is 12.6. The number of amides is 1. The number of piperidine rings is 1. The number of hydrogen-bond donors (Lipinski definition) is 1. The molecule has 0 unspecified atom stereocenters. The van der Waals surface area contributed by atoms with Crippen molar-refractivity contribution in [3.63, 3.8) is 0 Å². The molecule has 218 valence electrons. The monoisotopic (exact) mass is 529 g/mol. The van der Waals surface area contributed by atoms with Crippen LogP contribution in [0.5, 0.6) is 5.75 Å². The highest BCUT2D eigenvalue weighted by molar-refractivity contribution is 5.79. The summed E-state index contributed by atoms with van der Waals surface area (Å²) in [5.41, 5.74) is 1.000. The Morgan fingerprint density at radius 3 is 1.87 bits per heavy atom. The second-order valence-corrected chi connectivity index (χ2v) is 12.1. The molecule has 0 aliphatic carbocycles. The summed E-state index contributed by atoms with van der Waals surface area (Å²) >= 11 is 0. The van der Waals surface area contributed by atoms with Crippen molar-refractivity contribution in [2.24, 2.45) is 0 Å². The van der Waals surface area contributed by atoms with Crippen molar-refractivity contribution in [3.05, 3.63) is 29.8 Å². The van der Waals surface area contributed by atoms with E-state index in [1.165, 1.54) is 129 Å². The molecule has 1 aliphatic heterocycles. The Hall–Kier alpha value is -1.55. The predicted octanol–water partition coefficient (Wildman–Crippen LogP) is 8.62. The van der Waals surface area contributed by atoms with Crippen LogP contribution in [0.3, 0.4) is 0 Å². The molecule has 4 nitrogen and oxygen atoms in total. The van der Waals surface area contributed by atoms with Crippen LogP contribution in [0.4, 0.5) is 0 Å². The molecule has 1 aromatic carbocycles. The van der Waals surface area contributed by atoms with Gasteiger partial charge in [0.15, 0.2) is 0 Å². The maximum Gasteiger partial charge on any atom is 0.224 e. The molecule has 0 aromatic heterocycles. The van der Waals surface area contributed by atoms with Gasteiger partial charge in [0, 0.05) is 5.56 Å². The van der Waals surface area contributed by atoms with Crippen LogP contribution >= 0.6 is 0 Å². The maximum atomic E-state index is 12.6. The lowest BCUT2D eigenvalue weighted by Gasteiger charge is -2.37. The molecule has 1 fully saturated rings. The molecule has 1 amide bonds. The zero-order valence-electron chi connectivity index (χ0n) is 25.3. The summed E-state index contributed by atoms with van der Waals surface area (Å²) in [6.45, 7) is 7.31. The number of hydrogen-bond acceptors (Lipinski definition) is 2. The van der Waals surface area contributed by atoms with E-state index in [0.29, 0.717) is 6.42 Å². The van der Waals surface area contributed by atoms with Gasteiger partial charge in [0.2, 0.25) is 5.91 Å². The Labute approximate surface area is 235 Å². The number of carbonyl (C=O) groups excluding carboxylic acids is 1. The molecule has 1 heterocycles. The van der Waals surface area contributed by atoms with Crippen LogP contribution in [0.2, 0.25) is 0 Å². The molecule has 1 saturated heterocycles. The van der Waals surface area contributed by atoms with E-state index >= 15 is 0 Å². The molecule has 1 aromatic rings. The minimum atomic E-state index is 0.104. The minimum absolute atomic E-state index is 0.104. The highest BCUT2D eigenvalue weighted by Gasteiger charge is 2.24. The second-order valence-electron chi connectivity index (χ2n) is 12.1. The predicted molar refractivity (Wildman–Crippen MR) is 163 cm³/mol. The van der Waals surface area contributed by atoms with E-state index in [0.717, 1.165) is 41.9 Å². The van der Waals surface area contributed by atoms with E-state index < -0.39 is 0 Å². The van der Waals surface area contributed by atoms with Gasteiger partial charge in [0.05, 0.1) is 46.3 Å². The minimum Gasteiger partial charge on any atom is -0.493 e. The van der Waals surface area contributed by atoms with Gasteiger partial charge in [-0.2, -0.15) is 0 Å². The van der Waals surface area contributed by atoms with Gasteiger partial charge in [-0.1, -0.05) is 121 Å². The molecule has 1 N–H and O–H groups in total. The topological polar surface area (TPSA) is 38.3 Å². The smallest absolute Gasteiger partial charge is 0.224 e. The quantitative estimate of drug-likeness (QED) is 0.114. The van der Waals surface area contributed by atoms with Gasteiger partial charge >= 0.3 is 0 Å². The number of ether oxygens (including phenoxy) is 1. The number of rotatable bonds is 23. The van der Waals surface area contributed by atoms with Gasteiger partial charge in [-0.05, 0) is 31.7 Å². The average Bonchev–Trinajstić information content (AvgIpc) is 2.91. The van der Waals surface area contributed by atoms with Crippen molar-refractivity contribution in [1.82, 2.24) is 5.32 Å². The summed E-state index contributed by atoms with van der Waals surface area (Å²) in [5.74, 6) is 0.978. The van der Waals surface area contributed by atoms with Crippen molar-refractivity contribution < 1.29 is 14.0 Å². The number of quaternary nitrogens is 1. The Morgan fingerprint density at radius 2 is 1.29 bits per heavy atom. The third-order valence-corrected chi connectivity index (χ3v) is 8.45. The molecule has 0 atom stereocenters. The normalized spacial score (nSPS) is 14.9. The van der Waals surface area contributed by atoms with E-state index in [-0.39, 0.29) is 5.91 Å². The summed E-state index contributed by atoms with van der Waals surface area (Å²) < 4.78 is 7.19. The van der Waals surface area contributed by atoms with Gasteiger partial charge in [-0.25, -0.2) is 0 Å². The third kappa shape index (κ3) is 15.8. The molecule has 0 spiro atoms. The molecule has 0 saturated carbocycles. The molecule has 38 heavy (non-hydrogen) atoms. The van der Waals surface area contributed by atoms with Crippen molar-refractivity contribution in [2.75, 3.05) is 39.8 Å². The van der Waals surface area contributed by atoms with Crippen molar-refractivity contribution in [2.45, 2.75) is 135 Å². The van der Waals surface area contributed by atoms with Gasteiger partial charge in [0.1, 0.15) is 5.75 Å². The number of nitrogens with one attached hydrogen (secondary N) is 1. The first-order valence-corrected chi connectivity index (χ1v) is 16.4. The fourth-order valence-corrected chi connectivity index (χ4v) is 5.82. The van der Waals surface area contributed by atoms with Gasteiger partial charge in [0.25, 0.3) is 0 Å². The van der Waals surface area contributed by atoms with Crippen molar-refractivity contribution in [1.29, 1.82) is 0 Å². The van der Waals surface area contributed by atoms with Crippen molar-refractivity contribution in [3.8, 4) is 5.75 Å². The zero-order valence-corrected chi connectivity index (χ0v) is 25.3. The molecule has 4 heteroatoms. The Balaban J connectivity index is 1.44. The van der Waals surface area contributed by atoms with Gasteiger partial charge in [-0.15, -0.1) is 0 Å². The number of unbranched alkanes of at least 4 members (excludes halogenated alkanes) is 15. The van der Waals surface area contributed by atoms with Crippen LogP contribution in [0, 0.1) is 0 Å². The SMILES string of the molecule is CCCCCCCCCCCCCCCCCCOc1ccccc1CC(=O)NCC[N+]1(C)CCCCC1. The number of benzene rings is 1. The highest BCUT2D eigenvalue weighted by Crippen LogP contribution is 2.20. The molecule has 0 radical (unpaired) electrons. The largest absolute Gasteiger partial charge is 0.493 e. The van der Waals surface area contributed by atoms with Gasteiger partial charge < -0.3 is 14.5 Å². The Bertz CT molecular complexity index is 714. The van der Waals surface area contributed by atoms with E-state index in [1.54, 1.807) is 0 Å². The lowest BCUT2D eigenvalue weighted by Crippen LogP contribution is -2.51. The number of likely N-dealkylation sites (tertiary alicyclic amines) is 1. The summed E-state index contributed by atoms with van der Waals surface area (Å²) in [6, 6.07) is 8.05. The fourth-order valence-electron chi connectivity index (χ4n) is 5.82.